The first kappa shape index (κ1) is 28.4. The third-order valence-electron chi connectivity index (χ3n) is 4.01. The number of rotatable bonds is 4. The van der Waals surface area contributed by atoms with Gasteiger partial charge in [0.25, 0.3) is 0 Å². The molecule has 0 saturated heterocycles. The largest absolute Gasteiger partial charge is 0.490 e. The van der Waals surface area contributed by atoms with Crippen LogP contribution in [0.1, 0.15) is 21.8 Å². The molecule has 1 aliphatic rings. The zero-order chi connectivity index (χ0) is 25.4. The van der Waals surface area contributed by atoms with Crippen molar-refractivity contribution < 1.29 is 46.1 Å². The first-order valence-corrected chi connectivity index (χ1v) is 10.0. The van der Waals surface area contributed by atoms with Crippen molar-refractivity contribution in [2.24, 2.45) is 0 Å². The quantitative estimate of drug-likeness (QED) is 0.548. The molecule has 3 rings (SSSR count). The Morgan fingerprint density at radius 2 is 1.70 bits per heavy atom. The van der Waals surface area contributed by atoms with Crippen LogP contribution in [0.4, 0.5) is 26.3 Å². The monoisotopic (exact) mass is 504 g/mol. The lowest BCUT2D eigenvalue weighted by Crippen LogP contribution is -2.30. The molecule has 15 heteroatoms. The Morgan fingerprint density at radius 3 is 2.12 bits per heavy atom. The average molecular weight is 504 g/mol. The highest BCUT2D eigenvalue weighted by molar-refractivity contribution is 7.09. The van der Waals surface area contributed by atoms with Crippen molar-refractivity contribution in [3.63, 3.8) is 0 Å². The Morgan fingerprint density at radius 1 is 1.15 bits per heavy atom. The number of nitrogens with zero attached hydrogens (tertiary/aromatic N) is 3. The van der Waals surface area contributed by atoms with Gasteiger partial charge in [0.05, 0.1) is 11.4 Å². The second-order valence-electron chi connectivity index (χ2n) is 7.01. The fourth-order valence-corrected chi connectivity index (χ4v) is 3.38. The number of aromatic nitrogens is 2. The zero-order valence-electron chi connectivity index (χ0n) is 17.5. The van der Waals surface area contributed by atoms with Crippen LogP contribution in [0.3, 0.4) is 0 Å². The number of thiophene rings is 1. The number of carboxylic acids is 2. The summed E-state index contributed by atoms with van der Waals surface area (Å²) in [6, 6.07) is 4.34. The van der Waals surface area contributed by atoms with Gasteiger partial charge in [-0.1, -0.05) is 6.07 Å². The van der Waals surface area contributed by atoms with Gasteiger partial charge < -0.3 is 15.1 Å². The number of alkyl halides is 6. The summed E-state index contributed by atoms with van der Waals surface area (Å²) in [7, 11) is 4.18. The van der Waals surface area contributed by atoms with Gasteiger partial charge in [-0.2, -0.15) is 31.4 Å². The van der Waals surface area contributed by atoms with Crippen LogP contribution in [0.25, 0.3) is 0 Å². The van der Waals surface area contributed by atoms with Gasteiger partial charge in [0.15, 0.2) is 0 Å². The third kappa shape index (κ3) is 10.2. The molecule has 0 atom stereocenters. The van der Waals surface area contributed by atoms with E-state index >= 15 is 0 Å². The van der Waals surface area contributed by atoms with Crippen molar-refractivity contribution >= 4 is 23.3 Å². The molecule has 0 fully saturated rings. The molecular weight excluding hydrogens is 482 g/mol. The van der Waals surface area contributed by atoms with Crippen molar-refractivity contribution in [1.82, 2.24) is 20.0 Å². The minimum atomic E-state index is -5.08. The van der Waals surface area contributed by atoms with E-state index in [4.69, 9.17) is 19.8 Å². The van der Waals surface area contributed by atoms with Crippen molar-refractivity contribution in [2.45, 2.75) is 38.4 Å². The van der Waals surface area contributed by atoms with Gasteiger partial charge in [0.2, 0.25) is 0 Å². The van der Waals surface area contributed by atoms with Crippen LogP contribution >= 0.6 is 11.3 Å². The molecule has 33 heavy (non-hydrogen) atoms. The zero-order valence-corrected chi connectivity index (χ0v) is 18.3. The molecule has 3 N–H and O–H groups in total. The summed E-state index contributed by atoms with van der Waals surface area (Å²) in [5.74, 6) is -5.51. The smallest absolute Gasteiger partial charge is 0.475 e. The summed E-state index contributed by atoms with van der Waals surface area (Å²) >= 11 is 1.84. The Labute approximate surface area is 188 Å². The molecule has 0 radical (unpaired) electrons. The molecule has 0 saturated carbocycles. The molecule has 0 unspecified atom stereocenters. The number of aliphatic carboxylic acids is 2. The maximum atomic E-state index is 10.6. The Kier molecular flexibility index (Phi) is 10.3. The van der Waals surface area contributed by atoms with Crippen LogP contribution in [0, 0.1) is 0 Å². The first-order valence-electron chi connectivity index (χ1n) is 9.16. The molecule has 0 bridgehead atoms. The maximum absolute atomic E-state index is 10.6. The molecule has 2 aromatic heterocycles. The lowest BCUT2D eigenvalue weighted by atomic mass is 10.0. The van der Waals surface area contributed by atoms with Crippen LogP contribution in [-0.2, 0) is 35.6 Å². The molecule has 0 aromatic carbocycles. The standard InChI is InChI=1S/C14H20N4S.2C2HF3O2/c1-17(2)9-13-12-5-6-18(10-14(12)16-15-13)8-11-4-3-7-19-11;2*3-2(4,5)1(6)7/h3-4,7H,5-6,8-10H2,1-2H3,(H,15,16);2*(H,6,7). The molecule has 3 heterocycles. The van der Waals surface area contributed by atoms with Crippen molar-refractivity contribution in [3.05, 3.63) is 39.3 Å². The number of H-pyrrole nitrogens is 1. The number of hydrogen-bond acceptors (Lipinski definition) is 6. The van der Waals surface area contributed by atoms with E-state index in [1.165, 1.54) is 21.8 Å². The molecule has 0 aliphatic carbocycles. The maximum Gasteiger partial charge on any atom is 0.490 e. The van der Waals surface area contributed by atoms with Crippen LogP contribution < -0.4 is 0 Å². The van der Waals surface area contributed by atoms with Crippen LogP contribution in [0.5, 0.6) is 0 Å². The molecule has 0 amide bonds. The van der Waals surface area contributed by atoms with E-state index in [1.54, 1.807) is 0 Å². The van der Waals surface area contributed by atoms with Gasteiger partial charge in [-0.3, -0.25) is 10.00 Å². The molecule has 2 aromatic rings. The molecular formula is C18H22F6N4O4S. The fraction of sp³-hybridized carbons (Fsp3) is 0.500. The number of halogens is 6. The number of nitrogens with one attached hydrogen (secondary N) is 1. The Balaban J connectivity index is 0.000000324. The van der Waals surface area contributed by atoms with Crippen molar-refractivity contribution in [1.29, 1.82) is 0 Å². The van der Waals surface area contributed by atoms with Crippen molar-refractivity contribution in [3.8, 4) is 0 Å². The first-order chi connectivity index (χ1) is 15.1. The second kappa shape index (κ2) is 12.0. The molecule has 0 spiro atoms. The predicted molar refractivity (Wildman–Crippen MR) is 105 cm³/mol. The highest BCUT2D eigenvalue weighted by Crippen LogP contribution is 2.23. The summed E-state index contributed by atoms with van der Waals surface area (Å²) in [6.45, 7) is 4.11. The van der Waals surface area contributed by atoms with Gasteiger partial charge in [0.1, 0.15) is 0 Å². The molecule has 8 nitrogen and oxygen atoms in total. The van der Waals surface area contributed by atoms with Crippen LogP contribution in [0.2, 0.25) is 0 Å². The summed E-state index contributed by atoms with van der Waals surface area (Å²) in [5.41, 5.74) is 3.96. The normalized spacial score (nSPS) is 14.0. The molecule has 186 valence electrons. The van der Waals surface area contributed by atoms with E-state index in [2.05, 4.69) is 51.6 Å². The second-order valence-corrected chi connectivity index (χ2v) is 8.04. The summed E-state index contributed by atoms with van der Waals surface area (Å²) in [4.78, 5) is 23.9. The minimum absolute atomic E-state index is 0.927. The lowest BCUT2D eigenvalue weighted by molar-refractivity contribution is -0.193. The fourth-order valence-electron chi connectivity index (χ4n) is 2.63. The topological polar surface area (TPSA) is 110 Å². The summed E-state index contributed by atoms with van der Waals surface area (Å²) in [6.07, 6.45) is -9.06. The van der Waals surface area contributed by atoms with E-state index in [9.17, 15) is 26.3 Å². The number of carbonyl (C=O) groups is 2. The highest BCUT2D eigenvalue weighted by Gasteiger charge is 2.38. The summed E-state index contributed by atoms with van der Waals surface area (Å²) < 4.78 is 63.5. The number of hydrogen-bond donors (Lipinski definition) is 3. The molecule has 1 aliphatic heterocycles. The van der Waals surface area contributed by atoms with Crippen molar-refractivity contribution in [2.75, 3.05) is 20.6 Å². The lowest BCUT2D eigenvalue weighted by Gasteiger charge is -2.26. The SMILES string of the molecule is CN(C)Cc1n[nH]c2c1CCN(Cc1cccs1)C2.O=C(O)C(F)(F)F.O=C(O)C(F)(F)F. The predicted octanol–water partition coefficient (Wildman–Crippen LogP) is 3.36. The van der Waals surface area contributed by atoms with Gasteiger partial charge in [-0.05, 0) is 32.0 Å². The number of carboxylic acid groups (broad SMARTS) is 2. The van der Waals surface area contributed by atoms with Gasteiger partial charge in [-0.25, -0.2) is 9.59 Å². The van der Waals surface area contributed by atoms with E-state index in [0.717, 1.165) is 32.6 Å². The Bertz CT molecular complexity index is 873. The van der Waals surface area contributed by atoms with E-state index in [0.29, 0.717) is 0 Å². The van der Waals surface area contributed by atoms with Crippen LogP contribution in [0.15, 0.2) is 17.5 Å². The van der Waals surface area contributed by atoms with Crippen LogP contribution in [-0.4, -0.2) is 75.1 Å². The third-order valence-corrected chi connectivity index (χ3v) is 4.87. The van der Waals surface area contributed by atoms with E-state index in [-0.39, 0.29) is 0 Å². The van der Waals surface area contributed by atoms with Gasteiger partial charge in [-0.15, -0.1) is 11.3 Å². The highest BCUT2D eigenvalue weighted by atomic mass is 32.1. The minimum Gasteiger partial charge on any atom is -0.475 e. The van der Waals surface area contributed by atoms with Gasteiger partial charge >= 0.3 is 24.3 Å². The number of fused-ring (bicyclic) bond motifs is 1. The average Bonchev–Trinajstić information content (AvgIpc) is 3.31. The summed E-state index contributed by atoms with van der Waals surface area (Å²) in [5, 5.41) is 24.1. The Hall–Kier alpha value is -2.65. The van der Waals surface area contributed by atoms with Gasteiger partial charge in [0, 0.05) is 36.6 Å². The van der Waals surface area contributed by atoms with E-state index < -0.39 is 24.3 Å². The van der Waals surface area contributed by atoms with E-state index in [1.807, 2.05) is 11.3 Å². The number of aromatic amines is 1.